The number of benzene rings is 1. The Morgan fingerprint density at radius 1 is 1.14 bits per heavy atom. The highest BCUT2D eigenvalue weighted by Gasteiger charge is 2.58. The van der Waals surface area contributed by atoms with Crippen molar-refractivity contribution in [2.24, 2.45) is 28.9 Å². The van der Waals surface area contributed by atoms with Gasteiger partial charge in [-0.3, -0.25) is 9.59 Å². The van der Waals surface area contributed by atoms with Crippen LogP contribution in [0.15, 0.2) is 34.9 Å². The van der Waals surface area contributed by atoms with Crippen LogP contribution in [0, 0.1) is 23.2 Å². The van der Waals surface area contributed by atoms with Crippen LogP contribution in [0.1, 0.15) is 42.6 Å². The van der Waals surface area contributed by atoms with E-state index in [1.807, 2.05) is 12.1 Å². The van der Waals surface area contributed by atoms with Gasteiger partial charge in [-0.15, -0.1) is 0 Å². The predicted molar refractivity (Wildman–Crippen MR) is 103 cm³/mol. The molecule has 4 saturated carbocycles. The van der Waals surface area contributed by atoms with E-state index < -0.39 is 0 Å². The minimum absolute atomic E-state index is 0.0761. The number of nitrogens with two attached hydrogens (primary N) is 1. The van der Waals surface area contributed by atoms with E-state index in [-0.39, 0.29) is 29.0 Å². The third-order valence-electron chi connectivity index (χ3n) is 6.97. The molecule has 0 radical (unpaired) electrons. The molecule has 0 saturated heterocycles. The maximum Gasteiger partial charge on any atom is 0.273 e. The van der Waals surface area contributed by atoms with E-state index in [1.165, 1.54) is 0 Å². The number of nitrogens with zero attached hydrogens (tertiary/aromatic N) is 1. The van der Waals surface area contributed by atoms with Gasteiger partial charge in [-0.2, -0.15) is 0 Å². The fraction of sp³-hybridized carbons (Fsp3) is 0.476. The summed E-state index contributed by atoms with van der Waals surface area (Å²) in [5.41, 5.74) is 6.47. The number of aromatic nitrogens is 1. The molecule has 7 heteroatoms. The molecule has 3 N–H and O–H groups in total. The van der Waals surface area contributed by atoms with Crippen molar-refractivity contribution in [2.45, 2.75) is 38.1 Å². The van der Waals surface area contributed by atoms with E-state index in [0.29, 0.717) is 28.5 Å². The van der Waals surface area contributed by atoms with Crippen LogP contribution >= 0.6 is 11.6 Å². The molecule has 1 heterocycles. The SMILES string of the molecule is NC(=O)C12CC3CC(C1)C(NC(=O)c1cc(-c4ccc(Cl)cc4)on1)C(C3)C2. The van der Waals surface area contributed by atoms with Crippen molar-refractivity contribution in [1.82, 2.24) is 10.5 Å². The number of carbonyl (C=O) groups excluding carboxylic acids is 2. The molecule has 2 aromatic rings. The number of hydrogen-bond acceptors (Lipinski definition) is 4. The lowest BCUT2D eigenvalue weighted by Crippen LogP contribution is -2.62. The van der Waals surface area contributed by atoms with E-state index >= 15 is 0 Å². The van der Waals surface area contributed by atoms with Gasteiger partial charge < -0.3 is 15.6 Å². The van der Waals surface area contributed by atoms with E-state index in [0.717, 1.165) is 37.7 Å². The van der Waals surface area contributed by atoms with Gasteiger partial charge in [0.05, 0.1) is 0 Å². The minimum Gasteiger partial charge on any atom is -0.369 e. The summed E-state index contributed by atoms with van der Waals surface area (Å²) in [5, 5.41) is 7.76. The van der Waals surface area contributed by atoms with Crippen molar-refractivity contribution in [2.75, 3.05) is 0 Å². The number of nitrogens with one attached hydrogen (secondary N) is 1. The standard InChI is InChI=1S/C21H22ClN3O3/c22-15-3-1-12(2-4-15)17-7-16(25-28-17)19(26)24-18-13-5-11-6-14(18)10-21(8-11,9-13)20(23)27/h1-4,7,11,13-14,18H,5-6,8-10H2,(H2,23,27)(H,24,26). The highest BCUT2D eigenvalue weighted by molar-refractivity contribution is 6.30. The number of hydrogen-bond donors (Lipinski definition) is 2. The van der Waals surface area contributed by atoms with E-state index in [2.05, 4.69) is 10.5 Å². The fourth-order valence-electron chi connectivity index (χ4n) is 5.92. The van der Waals surface area contributed by atoms with Gasteiger partial charge in [0.2, 0.25) is 5.91 Å². The molecule has 1 aromatic carbocycles. The second-order valence-corrected chi connectivity index (χ2v) is 9.13. The van der Waals surface area contributed by atoms with E-state index in [1.54, 1.807) is 18.2 Å². The predicted octanol–water partition coefficient (Wildman–Crippen LogP) is 3.41. The molecule has 2 atom stereocenters. The molecule has 0 aliphatic heterocycles. The third kappa shape index (κ3) is 2.82. The molecule has 146 valence electrons. The third-order valence-corrected chi connectivity index (χ3v) is 7.22. The number of amides is 2. The van der Waals surface area contributed by atoms with Crippen LogP contribution in [0.4, 0.5) is 0 Å². The average molecular weight is 400 g/mol. The van der Waals surface area contributed by atoms with Crippen molar-refractivity contribution in [3.63, 3.8) is 0 Å². The Hall–Kier alpha value is -2.34. The normalized spacial score (nSPS) is 33.0. The largest absolute Gasteiger partial charge is 0.369 e. The molecule has 6 rings (SSSR count). The molecular weight excluding hydrogens is 378 g/mol. The zero-order valence-electron chi connectivity index (χ0n) is 15.4. The Morgan fingerprint density at radius 3 is 2.46 bits per heavy atom. The quantitative estimate of drug-likeness (QED) is 0.823. The van der Waals surface area contributed by atoms with Gasteiger partial charge in [-0.1, -0.05) is 16.8 Å². The molecule has 28 heavy (non-hydrogen) atoms. The van der Waals surface area contributed by atoms with Gasteiger partial charge in [0.1, 0.15) is 0 Å². The van der Waals surface area contributed by atoms with Crippen LogP contribution < -0.4 is 11.1 Å². The molecule has 4 bridgehead atoms. The van der Waals surface area contributed by atoms with Gasteiger partial charge in [0, 0.05) is 28.1 Å². The van der Waals surface area contributed by atoms with E-state index in [4.69, 9.17) is 21.9 Å². The lowest BCUT2D eigenvalue weighted by Gasteiger charge is -2.58. The number of primary amides is 1. The second kappa shape index (κ2) is 6.34. The van der Waals surface area contributed by atoms with Gasteiger partial charge >= 0.3 is 0 Å². The molecular formula is C21H22ClN3O3. The summed E-state index contributed by atoms with van der Waals surface area (Å²) < 4.78 is 5.35. The first-order valence-electron chi connectivity index (χ1n) is 9.77. The first-order chi connectivity index (χ1) is 13.4. The highest BCUT2D eigenvalue weighted by atomic mass is 35.5. The molecule has 0 spiro atoms. The van der Waals surface area contributed by atoms with Crippen LogP contribution in [-0.2, 0) is 4.79 Å². The molecule has 2 unspecified atom stereocenters. The lowest BCUT2D eigenvalue weighted by atomic mass is 9.47. The lowest BCUT2D eigenvalue weighted by molar-refractivity contribution is -0.145. The maximum absolute atomic E-state index is 12.8. The van der Waals surface area contributed by atoms with Gasteiger partial charge in [-0.25, -0.2) is 0 Å². The Bertz CT molecular complexity index is 923. The fourth-order valence-corrected chi connectivity index (χ4v) is 6.05. The molecule has 2 amide bonds. The van der Waals surface area contributed by atoms with Crippen LogP contribution in [0.25, 0.3) is 11.3 Å². The van der Waals surface area contributed by atoms with Crippen molar-refractivity contribution in [3.05, 3.63) is 41.0 Å². The monoisotopic (exact) mass is 399 g/mol. The van der Waals surface area contributed by atoms with Gasteiger partial charge in [-0.05, 0) is 74.1 Å². The Morgan fingerprint density at radius 2 is 1.82 bits per heavy atom. The summed E-state index contributed by atoms with van der Waals surface area (Å²) in [6, 6.07) is 8.91. The maximum atomic E-state index is 12.8. The summed E-state index contributed by atoms with van der Waals surface area (Å²) in [4.78, 5) is 24.9. The van der Waals surface area contributed by atoms with Crippen molar-refractivity contribution < 1.29 is 14.1 Å². The second-order valence-electron chi connectivity index (χ2n) is 8.70. The summed E-state index contributed by atoms with van der Waals surface area (Å²) in [6.45, 7) is 0. The summed E-state index contributed by atoms with van der Waals surface area (Å²) in [6.07, 6.45) is 4.62. The Labute approximate surface area is 167 Å². The number of halogens is 1. The number of rotatable bonds is 4. The van der Waals surface area contributed by atoms with Crippen molar-refractivity contribution >= 4 is 23.4 Å². The van der Waals surface area contributed by atoms with Crippen LogP contribution in [0.5, 0.6) is 0 Å². The van der Waals surface area contributed by atoms with Crippen molar-refractivity contribution in [3.8, 4) is 11.3 Å². The summed E-state index contributed by atoms with van der Waals surface area (Å²) in [5.74, 6) is 1.31. The topological polar surface area (TPSA) is 98.2 Å². The van der Waals surface area contributed by atoms with Gasteiger partial charge in [0.15, 0.2) is 11.5 Å². The Balaban J connectivity index is 1.32. The molecule has 1 aromatic heterocycles. The first-order valence-corrected chi connectivity index (χ1v) is 10.1. The van der Waals surface area contributed by atoms with Crippen LogP contribution in [0.3, 0.4) is 0 Å². The molecule has 4 aliphatic carbocycles. The summed E-state index contributed by atoms with van der Waals surface area (Å²) >= 11 is 5.91. The van der Waals surface area contributed by atoms with Crippen LogP contribution in [-0.4, -0.2) is 23.0 Å². The zero-order chi connectivity index (χ0) is 19.5. The molecule has 6 nitrogen and oxygen atoms in total. The van der Waals surface area contributed by atoms with E-state index in [9.17, 15) is 9.59 Å². The summed E-state index contributed by atoms with van der Waals surface area (Å²) in [7, 11) is 0. The number of carbonyl (C=O) groups is 2. The average Bonchev–Trinajstić information content (AvgIpc) is 3.15. The highest BCUT2D eigenvalue weighted by Crippen LogP contribution is 2.59. The van der Waals surface area contributed by atoms with Crippen molar-refractivity contribution in [1.29, 1.82) is 0 Å². The first kappa shape index (κ1) is 17.7. The minimum atomic E-state index is -0.354. The molecule has 4 aliphatic rings. The zero-order valence-corrected chi connectivity index (χ0v) is 16.1. The van der Waals surface area contributed by atoms with Crippen LogP contribution in [0.2, 0.25) is 5.02 Å². The smallest absolute Gasteiger partial charge is 0.273 e. The van der Waals surface area contributed by atoms with Gasteiger partial charge in [0.25, 0.3) is 5.91 Å². The molecule has 4 fully saturated rings. The Kier molecular flexibility index (Phi) is 4.02.